The van der Waals surface area contributed by atoms with Crippen molar-refractivity contribution < 1.29 is 4.79 Å². The van der Waals surface area contributed by atoms with Crippen molar-refractivity contribution in [1.29, 1.82) is 0 Å². The third-order valence-electron chi connectivity index (χ3n) is 3.50. The molecule has 0 saturated heterocycles. The minimum atomic E-state index is -0.0909. The zero-order chi connectivity index (χ0) is 16.5. The number of hydrogen-bond donors (Lipinski definition) is 2. The predicted molar refractivity (Wildman–Crippen MR) is 93.6 cm³/mol. The quantitative estimate of drug-likeness (QED) is 0.731. The SMILES string of the molecule is CCCCCNc1ccc(NC(=O)Cc2ccc(C)cc2)nn1. The molecule has 2 aromatic rings. The number of amides is 1. The maximum absolute atomic E-state index is 12.0. The number of rotatable bonds is 8. The van der Waals surface area contributed by atoms with Gasteiger partial charge < -0.3 is 10.6 Å². The maximum Gasteiger partial charge on any atom is 0.229 e. The highest BCUT2D eigenvalue weighted by atomic mass is 16.1. The topological polar surface area (TPSA) is 66.9 Å². The van der Waals surface area contributed by atoms with Gasteiger partial charge in [0.2, 0.25) is 5.91 Å². The van der Waals surface area contributed by atoms with Gasteiger partial charge in [-0.1, -0.05) is 49.6 Å². The van der Waals surface area contributed by atoms with E-state index in [0.29, 0.717) is 12.2 Å². The van der Waals surface area contributed by atoms with E-state index in [-0.39, 0.29) is 5.91 Å². The van der Waals surface area contributed by atoms with Crippen LogP contribution in [0.2, 0.25) is 0 Å². The minimum Gasteiger partial charge on any atom is -0.369 e. The monoisotopic (exact) mass is 312 g/mol. The molecular weight excluding hydrogens is 288 g/mol. The highest BCUT2D eigenvalue weighted by molar-refractivity contribution is 5.91. The van der Waals surface area contributed by atoms with Crippen LogP contribution >= 0.6 is 0 Å². The molecule has 1 heterocycles. The number of aromatic nitrogens is 2. The molecule has 1 aromatic heterocycles. The third kappa shape index (κ3) is 6.06. The number of benzene rings is 1. The Labute approximate surface area is 137 Å². The Bertz CT molecular complexity index is 608. The van der Waals surface area contributed by atoms with Crippen molar-refractivity contribution in [3.63, 3.8) is 0 Å². The molecule has 0 atom stereocenters. The Morgan fingerprint density at radius 2 is 1.70 bits per heavy atom. The number of unbranched alkanes of at least 4 members (excludes halogenated alkanes) is 2. The number of nitrogens with one attached hydrogen (secondary N) is 2. The summed E-state index contributed by atoms with van der Waals surface area (Å²) in [5.41, 5.74) is 2.16. The number of hydrogen-bond acceptors (Lipinski definition) is 4. The van der Waals surface area contributed by atoms with Gasteiger partial charge in [-0.25, -0.2) is 0 Å². The highest BCUT2D eigenvalue weighted by Gasteiger charge is 2.05. The fraction of sp³-hybridized carbons (Fsp3) is 0.389. The molecular formula is C18H24N4O. The van der Waals surface area contributed by atoms with Crippen LogP contribution in [0.5, 0.6) is 0 Å². The van der Waals surface area contributed by atoms with Gasteiger partial charge in [0.05, 0.1) is 6.42 Å². The van der Waals surface area contributed by atoms with E-state index >= 15 is 0 Å². The molecule has 0 radical (unpaired) electrons. The van der Waals surface area contributed by atoms with Gasteiger partial charge in [-0.05, 0) is 31.0 Å². The molecule has 5 heteroatoms. The maximum atomic E-state index is 12.0. The summed E-state index contributed by atoms with van der Waals surface area (Å²) in [4.78, 5) is 12.0. The van der Waals surface area contributed by atoms with E-state index in [9.17, 15) is 4.79 Å². The van der Waals surface area contributed by atoms with Crippen molar-refractivity contribution in [3.05, 3.63) is 47.5 Å². The first-order valence-corrected chi connectivity index (χ1v) is 8.10. The fourth-order valence-electron chi connectivity index (χ4n) is 2.16. The number of anilines is 2. The van der Waals surface area contributed by atoms with Crippen LogP contribution in [0.4, 0.5) is 11.6 Å². The summed E-state index contributed by atoms with van der Waals surface area (Å²) in [6.07, 6.45) is 3.85. The summed E-state index contributed by atoms with van der Waals surface area (Å²) < 4.78 is 0. The van der Waals surface area contributed by atoms with Gasteiger partial charge >= 0.3 is 0 Å². The van der Waals surface area contributed by atoms with E-state index in [2.05, 4.69) is 27.8 Å². The molecule has 0 aliphatic carbocycles. The van der Waals surface area contributed by atoms with E-state index in [1.54, 1.807) is 6.07 Å². The number of aryl methyl sites for hydroxylation is 1. The normalized spacial score (nSPS) is 10.3. The summed E-state index contributed by atoms with van der Waals surface area (Å²) in [7, 11) is 0. The van der Waals surface area contributed by atoms with Gasteiger partial charge in [-0.2, -0.15) is 0 Å². The lowest BCUT2D eigenvalue weighted by Gasteiger charge is -2.07. The first-order chi connectivity index (χ1) is 11.2. The second-order valence-electron chi connectivity index (χ2n) is 5.65. The van der Waals surface area contributed by atoms with Crippen LogP contribution in [0, 0.1) is 6.92 Å². The van der Waals surface area contributed by atoms with E-state index < -0.39 is 0 Å². The molecule has 23 heavy (non-hydrogen) atoms. The number of nitrogens with zero attached hydrogens (tertiary/aromatic N) is 2. The van der Waals surface area contributed by atoms with Crippen molar-refractivity contribution in [2.45, 2.75) is 39.5 Å². The van der Waals surface area contributed by atoms with Crippen LogP contribution in [-0.4, -0.2) is 22.6 Å². The second kappa shape index (κ2) is 8.88. The molecule has 2 N–H and O–H groups in total. The Kier molecular flexibility index (Phi) is 6.54. The third-order valence-corrected chi connectivity index (χ3v) is 3.50. The van der Waals surface area contributed by atoms with E-state index in [1.807, 2.05) is 37.3 Å². The van der Waals surface area contributed by atoms with Crippen molar-refractivity contribution in [1.82, 2.24) is 10.2 Å². The summed E-state index contributed by atoms with van der Waals surface area (Å²) >= 11 is 0. The zero-order valence-corrected chi connectivity index (χ0v) is 13.8. The van der Waals surface area contributed by atoms with Crippen molar-refractivity contribution >= 4 is 17.5 Å². The van der Waals surface area contributed by atoms with Crippen molar-refractivity contribution in [2.75, 3.05) is 17.2 Å². The molecule has 0 fully saturated rings. The van der Waals surface area contributed by atoms with Crippen LogP contribution in [0.15, 0.2) is 36.4 Å². The summed E-state index contributed by atoms with van der Waals surface area (Å²) in [6.45, 7) is 5.09. The van der Waals surface area contributed by atoms with E-state index in [1.165, 1.54) is 18.4 Å². The smallest absolute Gasteiger partial charge is 0.229 e. The minimum absolute atomic E-state index is 0.0909. The average Bonchev–Trinajstić information content (AvgIpc) is 2.55. The summed E-state index contributed by atoms with van der Waals surface area (Å²) in [6, 6.07) is 11.5. The standard InChI is InChI=1S/C18H24N4O/c1-3-4-5-12-19-16-10-11-17(22-21-16)20-18(23)13-15-8-6-14(2)7-9-15/h6-11H,3-5,12-13H2,1-2H3,(H,19,21)(H,20,22,23). The lowest BCUT2D eigenvalue weighted by atomic mass is 10.1. The van der Waals surface area contributed by atoms with Crippen LogP contribution in [-0.2, 0) is 11.2 Å². The summed E-state index contributed by atoms with van der Waals surface area (Å²) in [5.74, 6) is 1.12. The molecule has 0 bridgehead atoms. The molecule has 5 nitrogen and oxygen atoms in total. The molecule has 0 aliphatic rings. The highest BCUT2D eigenvalue weighted by Crippen LogP contribution is 2.09. The van der Waals surface area contributed by atoms with Gasteiger partial charge in [-0.15, -0.1) is 10.2 Å². The average molecular weight is 312 g/mol. The molecule has 2 rings (SSSR count). The van der Waals surface area contributed by atoms with Gasteiger partial charge in [0.1, 0.15) is 5.82 Å². The first kappa shape index (κ1) is 16.9. The molecule has 1 amide bonds. The lowest BCUT2D eigenvalue weighted by Crippen LogP contribution is -2.16. The predicted octanol–water partition coefficient (Wildman–Crippen LogP) is 3.57. The van der Waals surface area contributed by atoms with Gasteiger partial charge in [0.15, 0.2) is 5.82 Å². The van der Waals surface area contributed by atoms with Crippen LogP contribution in [0.1, 0.15) is 37.3 Å². The lowest BCUT2D eigenvalue weighted by molar-refractivity contribution is -0.115. The van der Waals surface area contributed by atoms with E-state index in [4.69, 9.17) is 0 Å². The number of carbonyl (C=O) groups is 1. The van der Waals surface area contributed by atoms with Crippen LogP contribution in [0.3, 0.4) is 0 Å². The van der Waals surface area contributed by atoms with E-state index in [0.717, 1.165) is 24.3 Å². The van der Waals surface area contributed by atoms with Gasteiger partial charge in [0.25, 0.3) is 0 Å². The van der Waals surface area contributed by atoms with Crippen LogP contribution < -0.4 is 10.6 Å². The molecule has 0 spiro atoms. The Morgan fingerprint density at radius 1 is 1.00 bits per heavy atom. The van der Waals surface area contributed by atoms with Gasteiger partial charge in [0, 0.05) is 6.54 Å². The molecule has 1 aromatic carbocycles. The fourth-order valence-corrected chi connectivity index (χ4v) is 2.16. The first-order valence-electron chi connectivity index (χ1n) is 8.10. The molecule has 0 unspecified atom stereocenters. The molecule has 0 aliphatic heterocycles. The van der Waals surface area contributed by atoms with Gasteiger partial charge in [-0.3, -0.25) is 4.79 Å². The van der Waals surface area contributed by atoms with Crippen LogP contribution in [0.25, 0.3) is 0 Å². The Hall–Kier alpha value is -2.43. The number of carbonyl (C=O) groups excluding carboxylic acids is 1. The van der Waals surface area contributed by atoms with Crippen molar-refractivity contribution in [3.8, 4) is 0 Å². The Morgan fingerprint density at radius 3 is 2.35 bits per heavy atom. The zero-order valence-electron chi connectivity index (χ0n) is 13.8. The largest absolute Gasteiger partial charge is 0.369 e. The molecule has 122 valence electrons. The molecule has 0 saturated carbocycles. The summed E-state index contributed by atoms with van der Waals surface area (Å²) in [5, 5.41) is 14.1. The Balaban J connectivity index is 1.80. The van der Waals surface area contributed by atoms with Crippen molar-refractivity contribution in [2.24, 2.45) is 0 Å². The second-order valence-corrected chi connectivity index (χ2v) is 5.65.